The highest BCUT2D eigenvalue weighted by Gasteiger charge is 2.43. The number of nitrogens with two attached hydrogens (primary N) is 1. The smallest absolute Gasteiger partial charge is 0.351 e. The number of hydrogen-bond donors (Lipinski definition) is 4. The van der Waals surface area contributed by atoms with Crippen LogP contribution >= 0.6 is 0 Å². The number of hydrogen-bond acceptors (Lipinski definition) is 7. The van der Waals surface area contributed by atoms with Crippen molar-refractivity contribution in [3.8, 4) is 0 Å². The fraction of sp³-hybridized carbons (Fsp3) is 0.667. The van der Waals surface area contributed by atoms with Gasteiger partial charge >= 0.3 is 5.69 Å². The number of aliphatic hydroxyl groups is 3. The van der Waals surface area contributed by atoms with Gasteiger partial charge in [0, 0.05) is 11.8 Å². The lowest BCUT2D eigenvalue weighted by atomic mass is 10.1. The van der Waals surface area contributed by atoms with Crippen LogP contribution in [0, 0.1) is 0 Å². The van der Waals surface area contributed by atoms with Crippen LogP contribution in [0.1, 0.15) is 25.1 Å². The maximum absolute atomic E-state index is 11.9. The van der Waals surface area contributed by atoms with Crippen LogP contribution in [0.5, 0.6) is 0 Å². The van der Waals surface area contributed by atoms with E-state index < -0.39 is 36.8 Å². The molecule has 2 rings (SSSR count). The molecule has 0 bridgehead atoms. The second-order valence-corrected chi connectivity index (χ2v) is 4.82. The van der Waals surface area contributed by atoms with Gasteiger partial charge in [0.1, 0.15) is 24.1 Å². The van der Waals surface area contributed by atoms with Crippen LogP contribution in [-0.4, -0.2) is 49.8 Å². The van der Waals surface area contributed by atoms with Crippen molar-refractivity contribution in [2.24, 2.45) is 0 Å². The first-order valence-corrected chi connectivity index (χ1v) is 6.49. The van der Waals surface area contributed by atoms with Gasteiger partial charge in [-0.05, 0) is 6.42 Å². The molecule has 4 atom stereocenters. The molecule has 0 saturated carbocycles. The van der Waals surface area contributed by atoms with Crippen molar-refractivity contribution in [3.05, 3.63) is 22.2 Å². The Morgan fingerprint density at radius 2 is 2.15 bits per heavy atom. The number of nitrogens with zero attached hydrogens (tertiary/aromatic N) is 2. The molecule has 8 heteroatoms. The molecule has 0 aliphatic carbocycles. The summed E-state index contributed by atoms with van der Waals surface area (Å²) < 4.78 is 6.41. The first-order chi connectivity index (χ1) is 9.49. The molecule has 20 heavy (non-hydrogen) atoms. The molecule has 8 nitrogen and oxygen atoms in total. The predicted octanol–water partition coefficient (Wildman–Crippen LogP) is -1.61. The van der Waals surface area contributed by atoms with E-state index in [-0.39, 0.29) is 5.82 Å². The standard InChI is InChI=1S/C12H19N3O5/c1-2-3-6-4-15(12(19)14-10(6)13)11-9(18)8(17)7(5-16)20-11/h4,7-9,11,16-18H,2-3,5H2,1H3,(H2,13,14,19)/t7-,8+,9-,11-/m1/s1. The third-order valence-electron chi connectivity index (χ3n) is 3.37. The summed E-state index contributed by atoms with van der Waals surface area (Å²) in [6, 6.07) is 0. The average Bonchev–Trinajstić information content (AvgIpc) is 2.70. The second-order valence-electron chi connectivity index (χ2n) is 4.82. The van der Waals surface area contributed by atoms with Crippen molar-refractivity contribution in [2.45, 2.75) is 44.3 Å². The lowest BCUT2D eigenvalue weighted by Crippen LogP contribution is -2.36. The van der Waals surface area contributed by atoms with Gasteiger partial charge in [0.15, 0.2) is 6.23 Å². The van der Waals surface area contributed by atoms with Gasteiger partial charge in [0.2, 0.25) is 0 Å². The normalized spacial score (nSPS) is 29.8. The minimum absolute atomic E-state index is 0.153. The molecule has 2 heterocycles. The lowest BCUT2D eigenvalue weighted by Gasteiger charge is -2.18. The molecule has 0 radical (unpaired) electrons. The van der Waals surface area contributed by atoms with E-state index in [0.29, 0.717) is 12.0 Å². The van der Waals surface area contributed by atoms with Crippen LogP contribution in [0.25, 0.3) is 0 Å². The van der Waals surface area contributed by atoms with Crippen molar-refractivity contribution in [1.29, 1.82) is 0 Å². The van der Waals surface area contributed by atoms with E-state index in [1.165, 1.54) is 6.20 Å². The van der Waals surface area contributed by atoms with Crippen molar-refractivity contribution in [2.75, 3.05) is 12.3 Å². The zero-order valence-electron chi connectivity index (χ0n) is 11.1. The summed E-state index contributed by atoms with van der Waals surface area (Å²) in [4.78, 5) is 15.6. The summed E-state index contributed by atoms with van der Waals surface area (Å²) in [5.41, 5.74) is 5.68. The van der Waals surface area contributed by atoms with E-state index in [9.17, 15) is 15.0 Å². The fourth-order valence-electron chi connectivity index (χ4n) is 2.28. The second kappa shape index (κ2) is 5.88. The van der Waals surface area contributed by atoms with E-state index in [1.54, 1.807) is 0 Å². The quantitative estimate of drug-likeness (QED) is 0.523. The zero-order chi connectivity index (χ0) is 14.9. The maximum atomic E-state index is 11.9. The highest BCUT2D eigenvalue weighted by Crippen LogP contribution is 2.28. The topological polar surface area (TPSA) is 131 Å². The number of ether oxygens (including phenoxy) is 1. The molecular weight excluding hydrogens is 266 g/mol. The van der Waals surface area contributed by atoms with E-state index in [0.717, 1.165) is 11.0 Å². The van der Waals surface area contributed by atoms with Crippen LogP contribution < -0.4 is 11.4 Å². The number of rotatable bonds is 4. The van der Waals surface area contributed by atoms with Crippen molar-refractivity contribution < 1.29 is 20.1 Å². The van der Waals surface area contributed by atoms with Gasteiger partial charge in [-0.1, -0.05) is 13.3 Å². The van der Waals surface area contributed by atoms with E-state index in [1.807, 2.05) is 6.92 Å². The van der Waals surface area contributed by atoms with Crippen LogP contribution in [0.3, 0.4) is 0 Å². The molecule has 112 valence electrons. The number of aliphatic hydroxyl groups excluding tert-OH is 3. The van der Waals surface area contributed by atoms with Gasteiger partial charge in [-0.15, -0.1) is 0 Å². The molecule has 0 amide bonds. The Kier molecular flexibility index (Phi) is 4.39. The van der Waals surface area contributed by atoms with Gasteiger partial charge in [0.25, 0.3) is 0 Å². The van der Waals surface area contributed by atoms with Gasteiger partial charge in [-0.3, -0.25) is 4.57 Å². The monoisotopic (exact) mass is 285 g/mol. The number of anilines is 1. The molecule has 0 unspecified atom stereocenters. The Hall–Kier alpha value is -1.48. The van der Waals surface area contributed by atoms with Gasteiger partial charge in [-0.25, -0.2) is 4.79 Å². The fourth-order valence-corrected chi connectivity index (χ4v) is 2.28. The van der Waals surface area contributed by atoms with Crippen LogP contribution in [0.4, 0.5) is 5.82 Å². The molecule has 1 saturated heterocycles. The Morgan fingerprint density at radius 1 is 1.45 bits per heavy atom. The number of aryl methyl sites for hydroxylation is 1. The summed E-state index contributed by atoms with van der Waals surface area (Å²) in [5, 5.41) is 28.7. The molecule has 1 aromatic heterocycles. The molecule has 0 aromatic carbocycles. The summed E-state index contributed by atoms with van der Waals surface area (Å²) in [6.45, 7) is 1.51. The Labute approximate surface area is 115 Å². The van der Waals surface area contributed by atoms with Crippen LogP contribution in [-0.2, 0) is 11.2 Å². The molecule has 5 N–H and O–H groups in total. The van der Waals surface area contributed by atoms with Crippen molar-refractivity contribution in [1.82, 2.24) is 9.55 Å². The van der Waals surface area contributed by atoms with Crippen LogP contribution in [0.2, 0.25) is 0 Å². The number of nitrogen functional groups attached to an aromatic ring is 1. The molecule has 1 aliphatic heterocycles. The Morgan fingerprint density at radius 3 is 2.70 bits per heavy atom. The largest absolute Gasteiger partial charge is 0.394 e. The average molecular weight is 285 g/mol. The molecule has 1 aliphatic rings. The summed E-state index contributed by atoms with van der Waals surface area (Å²) in [7, 11) is 0. The van der Waals surface area contributed by atoms with Crippen LogP contribution in [0.15, 0.2) is 11.0 Å². The molecule has 0 spiro atoms. The van der Waals surface area contributed by atoms with Gasteiger partial charge in [-0.2, -0.15) is 4.98 Å². The van der Waals surface area contributed by atoms with E-state index >= 15 is 0 Å². The lowest BCUT2D eigenvalue weighted by molar-refractivity contribution is -0.0550. The molecular formula is C12H19N3O5. The van der Waals surface area contributed by atoms with Crippen molar-refractivity contribution in [3.63, 3.8) is 0 Å². The summed E-state index contributed by atoms with van der Waals surface area (Å²) in [5.74, 6) is 0.153. The van der Waals surface area contributed by atoms with E-state index in [4.69, 9.17) is 15.6 Å². The highest BCUT2D eigenvalue weighted by atomic mass is 16.6. The molecule has 1 fully saturated rings. The minimum Gasteiger partial charge on any atom is -0.394 e. The van der Waals surface area contributed by atoms with E-state index in [2.05, 4.69) is 4.98 Å². The Bertz CT molecular complexity index is 532. The maximum Gasteiger partial charge on any atom is 0.351 e. The summed E-state index contributed by atoms with van der Waals surface area (Å²) >= 11 is 0. The van der Waals surface area contributed by atoms with Gasteiger partial charge < -0.3 is 25.8 Å². The zero-order valence-corrected chi connectivity index (χ0v) is 11.1. The predicted molar refractivity (Wildman–Crippen MR) is 69.9 cm³/mol. The van der Waals surface area contributed by atoms with Gasteiger partial charge in [0.05, 0.1) is 6.61 Å². The third-order valence-corrected chi connectivity index (χ3v) is 3.37. The molecule has 1 aromatic rings. The first kappa shape index (κ1) is 14.9. The van der Waals surface area contributed by atoms with Crippen molar-refractivity contribution >= 4 is 5.82 Å². The third kappa shape index (κ3) is 2.55. The minimum atomic E-state index is -1.32. The highest BCUT2D eigenvalue weighted by molar-refractivity contribution is 5.36. The Balaban J connectivity index is 2.38. The SMILES string of the molecule is CCCc1cn([C@@H]2O[C@H](CO)[C@H](O)[C@H]2O)c(=O)nc1N. The first-order valence-electron chi connectivity index (χ1n) is 6.49. The summed E-state index contributed by atoms with van der Waals surface area (Å²) in [6.07, 6.45) is -1.66. The number of aromatic nitrogens is 2.